The molecule has 0 saturated carbocycles. The highest BCUT2D eigenvalue weighted by atomic mass is 15.5. The van der Waals surface area contributed by atoms with Gasteiger partial charge in [0.25, 0.3) is 0 Å². The molecule has 1 heterocycles. The van der Waals surface area contributed by atoms with Crippen LogP contribution in [0.25, 0.3) is 0 Å². The molecule has 0 aromatic carbocycles. The van der Waals surface area contributed by atoms with Crippen LogP contribution in [0.1, 0.15) is 5.82 Å². The summed E-state index contributed by atoms with van der Waals surface area (Å²) in [6.07, 6.45) is 0.924. The largest absolute Gasteiger partial charge is 0.331 e. The molecule has 0 aliphatic carbocycles. The van der Waals surface area contributed by atoms with Gasteiger partial charge in [-0.25, -0.2) is 4.68 Å². The number of tetrazole rings is 1. The Morgan fingerprint density at radius 3 is 2.42 bits per heavy atom. The van der Waals surface area contributed by atoms with Crippen LogP contribution in [-0.2, 0) is 13.5 Å². The van der Waals surface area contributed by atoms with Gasteiger partial charge >= 0.3 is 0 Å². The molecule has 0 N–H and O–H groups in total. The number of hydrogen-bond acceptors (Lipinski definition) is 3. The first-order valence-corrected chi connectivity index (χ1v) is 4.01. The van der Waals surface area contributed by atoms with Crippen molar-refractivity contribution in [2.75, 3.05) is 27.7 Å². The van der Waals surface area contributed by atoms with Gasteiger partial charge in [0.15, 0.2) is 5.82 Å². The lowest BCUT2D eigenvalue weighted by atomic mass is 10.3. The van der Waals surface area contributed by atoms with Crippen LogP contribution < -0.4 is 0 Å². The Bertz CT molecular complexity index is 247. The van der Waals surface area contributed by atoms with Gasteiger partial charge in [0.2, 0.25) is 0 Å². The smallest absolute Gasteiger partial charge is 0.156 e. The number of quaternary nitrogens is 1. The molecule has 5 heteroatoms. The van der Waals surface area contributed by atoms with Gasteiger partial charge in [0.05, 0.1) is 34.1 Å². The van der Waals surface area contributed by atoms with Crippen LogP contribution in [0.5, 0.6) is 0 Å². The molecular weight excluding hydrogens is 154 g/mol. The van der Waals surface area contributed by atoms with Gasteiger partial charge in [0, 0.05) is 7.05 Å². The Kier molecular flexibility index (Phi) is 2.42. The van der Waals surface area contributed by atoms with E-state index in [1.807, 2.05) is 7.05 Å². The van der Waals surface area contributed by atoms with E-state index in [9.17, 15) is 0 Å². The molecule has 0 saturated heterocycles. The molecule has 0 atom stereocenters. The number of nitrogens with zero attached hydrogens (tertiary/aromatic N) is 5. The standard InChI is InChI=1S/C7H16N5/c1-11-7(8-9-10-11)5-6-12(2,3)4/h5-6H2,1-4H3/q+1. The van der Waals surface area contributed by atoms with Crippen LogP contribution in [-0.4, -0.2) is 52.4 Å². The SMILES string of the molecule is Cn1nnnc1CC[N+](C)(C)C. The molecule has 0 spiro atoms. The monoisotopic (exact) mass is 170 g/mol. The van der Waals surface area contributed by atoms with Gasteiger partial charge in [-0.3, -0.25) is 0 Å². The van der Waals surface area contributed by atoms with E-state index in [2.05, 4.69) is 36.7 Å². The van der Waals surface area contributed by atoms with E-state index >= 15 is 0 Å². The molecule has 5 nitrogen and oxygen atoms in total. The maximum absolute atomic E-state index is 3.91. The minimum Gasteiger partial charge on any atom is -0.331 e. The topological polar surface area (TPSA) is 43.6 Å². The lowest BCUT2D eigenvalue weighted by molar-refractivity contribution is -0.870. The molecule has 0 aliphatic rings. The van der Waals surface area contributed by atoms with Gasteiger partial charge in [-0.1, -0.05) is 0 Å². The number of rotatable bonds is 3. The van der Waals surface area contributed by atoms with E-state index in [-0.39, 0.29) is 0 Å². The van der Waals surface area contributed by atoms with E-state index in [0.29, 0.717) is 0 Å². The normalized spacial score (nSPS) is 12.0. The highest BCUT2D eigenvalue weighted by Crippen LogP contribution is 1.96. The third-order valence-corrected chi connectivity index (χ3v) is 1.71. The Balaban J connectivity index is 2.49. The first-order valence-electron chi connectivity index (χ1n) is 4.01. The number of likely N-dealkylation sites (N-methyl/N-ethyl adjacent to an activating group) is 1. The summed E-state index contributed by atoms with van der Waals surface area (Å²) in [5, 5.41) is 11.3. The van der Waals surface area contributed by atoms with Gasteiger partial charge in [-0.15, -0.1) is 5.10 Å². The number of aromatic nitrogens is 4. The Morgan fingerprint density at radius 2 is 2.00 bits per heavy atom. The molecule has 12 heavy (non-hydrogen) atoms. The fourth-order valence-corrected chi connectivity index (χ4v) is 0.895. The summed E-state index contributed by atoms with van der Waals surface area (Å²) in [5.41, 5.74) is 0. The summed E-state index contributed by atoms with van der Waals surface area (Å²) in [6, 6.07) is 0. The third-order valence-electron chi connectivity index (χ3n) is 1.71. The zero-order chi connectivity index (χ0) is 9.19. The van der Waals surface area contributed by atoms with E-state index in [0.717, 1.165) is 23.3 Å². The molecule has 0 fully saturated rings. The molecule has 1 aromatic rings. The summed E-state index contributed by atoms with van der Waals surface area (Å²) in [4.78, 5) is 0. The molecule has 0 amide bonds. The van der Waals surface area contributed by atoms with Crippen molar-refractivity contribution >= 4 is 0 Å². The molecule has 1 rings (SSSR count). The van der Waals surface area contributed by atoms with Crippen molar-refractivity contribution in [3.8, 4) is 0 Å². The summed E-state index contributed by atoms with van der Waals surface area (Å²) in [7, 11) is 8.34. The maximum atomic E-state index is 3.91. The van der Waals surface area contributed by atoms with Crippen molar-refractivity contribution in [3.63, 3.8) is 0 Å². The van der Waals surface area contributed by atoms with Crippen molar-refractivity contribution < 1.29 is 4.48 Å². The summed E-state index contributed by atoms with van der Waals surface area (Å²) in [6.45, 7) is 1.05. The van der Waals surface area contributed by atoms with E-state index < -0.39 is 0 Å². The Morgan fingerprint density at radius 1 is 1.33 bits per heavy atom. The molecule has 68 valence electrons. The third kappa shape index (κ3) is 2.58. The van der Waals surface area contributed by atoms with Crippen LogP contribution in [0.2, 0.25) is 0 Å². The highest BCUT2D eigenvalue weighted by molar-refractivity contribution is 4.78. The van der Waals surface area contributed by atoms with Gasteiger partial charge in [-0.2, -0.15) is 0 Å². The Hall–Kier alpha value is -0.970. The van der Waals surface area contributed by atoms with Crippen molar-refractivity contribution in [2.24, 2.45) is 7.05 Å². The molecule has 0 radical (unpaired) electrons. The molecule has 1 aromatic heterocycles. The van der Waals surface area contributed by atoms with Crippen LogP contribution in [0.15, 0.2) is 0 Å². The van der Waals surface area contributed by atoms with Crippen molar-refractivity contribution in [1.82, 2.24) is 20.2 Å². The highest BCUT2D eigenvalue weighted by Gasteiger charge is 2.10. The van der Waals surface area contributed by atoms with E-state index in [1.54, 1.807) is 4.68 Å². The zero-order valence-electron chi connectivity index (χ0n) is 8.15. The van der Waals surface area contributed by atoms with E-state index in [1.165, 1.54) is 0 Å². The Labute approximate surface area is 72.6 Å². The van der Waals surface area contributed by atoms with Crippen LogP contribution in [0, 0.1) is 0 Å². The fourth-order valence-electron chi connectivity index (χ4n) is 0.895. The number of hydrogen-bond donors (Lipinski definition) is 0. The second-order valence-corrected chi connectivity index (χ2v) is 3.98. The quantitative estimate of drug-likeness (QED) is 0.572. The second kappa shape index (κ2) is 3.18. The average Bonchev–Trinajstić information content (AvgIpc) is 2.29. The van der Waals surface area contributed by atoms with Crippen LogP contribution >= 0.6 is 0 Å². The minimum absolute atomic E-state index is 0.924. The number of aryl methyl sites for hydroxylation is 1. The minimum atomic E-state index is 0.924. The van der Waals surface area contributed by atoms with Gasteiger partial charge in [-0.05, 0) is 10.4 Å². The van der Waals surface area contributed by atoms with Crippen molar-refractivity contribution in [3.05, 3.63) is 5.82 Å². The first-order chi connectivity index (χ1) is 5.49. The van der Waals surface area contributed by atoms with E-state index in [4.69, 9.17) is 0 Å². The molecular formula is C7H16N5+. The summed E-state index contributed by atoms with van der Waals surface area (Å²) in [5.74, 6) is 0.947. The average molecular weight is 170 g/mol. The predicted octanol–water partition coefficient (Wildman–Crippen LogP) is -0.541. The van der Waals surface area contributed by atoms with Crippen molar-refractivity contribution in [1.29, 1.82) is 0 Å². The lowest BCUT2D eigenvalue weighted by Gasteiger charge is -2.23. The van der Waals surface area contributed by atoms with Gasteiger partial charge in [0.1, 0.15) is 0 Å². The summed E-state index contributed by atoms with van der Waals surface area (Å²) >= 11 is 0. The van der Waals surface area contributed by atoms with Crippen molar-refractivity contribution in [2.45, 2.75) is 6.42 Å². The summed E-state index contributed by atoms with van der Waals surface area (Å²) < 4.78 is 2.66. The van der Waals surface area contributed by atoms with Crippen LogP contribution in [0.4, 0.5) is 0 Å². The molecule has 0 bridgehead atoms. The predicted molar refractivity (Wildman–Crippen MR) is 45.4 cm³/mol. The first kappa shape index (κ1) is 9.12. The zero-order valence-corrected chi connectivity index (χ0v) is 8.15. The maximum Gasteiger partial charge on any atom is 0.156 e. The second-order valence-electron chi connectivity index (χ2n) is 3.98. The fraction of sp³-hybridized carbons (Fsp3) is 0.857. The molecule has 0 aliphatic heterocycles. The van der Waals surface area contributed by atoms with Crippen LogP contribution in [0.3, 0.4) is 0 Å². The van der Waals surface area contributed by atoms with Gasteiger partial charge < -0.3 is 4.48 Å². The lowest BCUT2D eigenvalue weighted by Crippen LogP contribution is -2.36. The molecule has 0 unspecified atom stereocenters.